The van der Waals surface area contributed by atoms with Gasteiger partial charge in [0, 0.05) is 31.3 Å². The van der Waals surface area contributed by atoms with Crippen molar-refractivity contribution in [3.8, 4) is 0 Å². The molecule has 1 fully saturated rings. The first-order valence-corrected chi connectivity index (χ1v) is 21.1. The zero-order chi connectivity index (χ0) is 40.6. The molecule has 0 aliphatic carbocycles. The third kappa shape index (κ3) is 13.7. The van der Waals surface area contributed by atoms with Crippen LogP contribution in [0.4, 0.5) is 5.82 Å². The van der Waals surface area contributed by atoms with E-state index in [9.17, 15) is 53.1 Å². The minimum Gasteiger partial charge on any atom is -0.393 e. The zero-order valence-corrected chi connectivity index (χ0v) is 32.7. The van der Waals surface area contributed by atoms with Gasteiger partial charge in [0.1, 0.15) is 36.3 Å². The van der Waals surface area contributed by atoms with Gasteiger partial charge in [-0.25, -0.2) is 28.4 Å². The molecule has 0 saturated carbocycles. The topological polar surface area (TPSA) is 359 Å². The van der Waals surface area contributed by atoms with Crippen molar-refractivity contribution in [2.45, 2.75) is 90.6 Å². The molecule has 2 amide bonds. The van der Waals surface area contributed by atoms with Crippen LogP contribution in [0.3, 0.4) is 0 Å². The summed E-state index contributed by atoms with van der Waals surface area (Å²) >= 11 is 0. The highest BCUT2D eigenvalue weighted by Gasteiger charge is 2.49. The fourth-order valence-electron chi connectivity index (χ4n) is 4.83. The van der Waals surface area contributed by atoms with Gasteiger partial charge in [0.15, 0.2) is 17.7 Å². The lowest BCUT2D eigenvalue weighted by atomic mass is 9.87. The lowest BCUT2D eigenvalue weighted by molar-refractivity contribution is -0.137. The van der Waals surface area contributed by atoms with Gasteiger partial charge >= 0.3 is 23.2 Å². The van der Waals surface area contributed by atoms with Gasteiger partial charge < -0.3 is 55.7 Å². The molecule has 54 heavy (non-hydrogen) atoms. The van der Waals surface area contributed by atoms with Gasteiger partial charge in [-0.05, 0) is 27.2 Å². The summed E-state index contributed by atoms with van der Waals surface area (Å²) in [5, 5.41) is 30.4. The van der Waals surface area contributed by atoms with Gasteiger partial charge in [-0.2, -0.15) is 0 Å². The number of nitrogen functional groups attached to an aromatic ring is 1. The van der Waals surface area contributed by atoms with Crippen LogP contribution in [0.2, 0.25) is 0 Å². The van der Waals surface area contributed by atoms with E-state index in [1.54, 1.807) is 6.92 Å². The highest BCUT2D eigenvalue weighted by molar-refractivity contribution is 7.64. The number of oxime groups is 1. The first-order chi connectivity index (χ1) is 24.9. The number of aliphatic hydroxyl groups is 2. The summed E-state index contributed by atoms with van der Waals surface area (Å²) in [5.74, 6) is -1.33. The molecule has 0 radical (unpaired) electrons. The predicted octanol–water partition coefficient (Wildman–Crippen LogP) is 0.0544. The molecular weight excluding hydrogens is 785 g/mol. The Morgan fingerprint density at radius 2 is 1.76 bits per heavy atom. The number of carbonyl (C=O) groups is 2. The number of imidazole rings is 1. The van der Waals surface area contributed by atoms with Crippen LogP contribution in [0.1, 0.15) is 60.1 Å². The number of ether oxygens (including phenoxy) is 1. The molecule has 1 aliphatic rings. The summed E-state index contributed by atoms with van der Waals surface area (Å²) in [4.78, 5) is 81.1. The lowest BCUT2D eigenvalue weighted by Crippen LogP contribution is -2.46. The number of phosphoric acid groups is 2. The Hall–Kier alpha value is -2.95. The quantitative estimate of drug-likeness (QED) is 0.0456. The molecule has 1 aliphatic heterocycles. The van der Waals surface area contributed by atoms with E-state index in [2.05, 4.69) is 35.1 Å². The van der Waals surface area contributed by atoms with Gasteiger partial charge in [-0.1, -0.05) is 19.0 Å². The molecule has 3 rings (SSSR count). The van der Waals surface area contributed by atoms with Crippen LogP contribution in [0.15, 0.2) is 17.8 Å². The number of aliphatic hydroxyl groups excluding tert-OH is 2. The first-order valence-electron chi connectivity index (χ1n) is 16.3. The summed E-state index contributed by atoms with van der Waals surface area (Å²) in [5.41, 5.74) is 5.09. The molecule has 7 atom stereocenters. The van der Waals surface area contributed by atoms with E-state index < -0.39 is 84.4 Å². The maximum atomic E-state index is 12.9. The van der Waals surface area contributed by atoms with Crippen molar-refractivity contribution in [3.63, 3.8) is 0 Å². The van der Waals surface area contributed by atoms with Crippen molar-refractivity contribution < 1.29 is 76.0 Å². The Balaban J connectivity index is 1.52. The molecule has 27 heteroatoms. The van der Waals surface area contributed by atoms with Crippen LogP contribution in [-0.4, -0.2) is 123 Å². The Kier molecular flexibility index (Phi) is 15.8. The number of anilines is 1. The van der Waals surface area contributed by atoms with Gasteiger partial charge in [0.2, 0.25) is 11.8 Å². The number of nitrogens with one attached hydrogen (secondary N) is 2. The molecule has 2 aromatic rings. The third-order valence-electron chi connectivity index (χ3n) is 7.62. The maximum Gasteiger partial charge on any atom is 0.479 e. The Morgan fingerprint density at radius 1 is 1.09 bits per heavy atom. The summed E-state index contributed by atoms with van der Waals surface area (Å²) < 4.78 is 58.2. The average Bonchev–Trinajstić information content (AvgIpc) is 3.61. The van der Waals surface area contributed by atoms with Crippen LogP contribution >= 0.6 is 23.2 Å². The number of fused-ring (bicyclic) bond motifs is 1. The van der Waals surface area contributed by atoms with Gasteiger partial charge in [-0.15, -0.1) is 0 Å². The van der Waals surface area contributed by atoms with Crippen molar-refractivity contribution in [1.29, 1.82) is 0 Å². The first kappa shape index (κ1) is 45.4. The Bertz CT molecular complexity index is 1790. The number of aromatic nitrogens is 4. The largest absolute Gasteiger partial charge is 0.479 e. The summed E-state index contributed by atoms with van der Waals surface area (Å²) in [7, 11) is -15.7. The highest BCUT2D eigenvalue weighted by atomic mass is 31.3. The normalized spacial score (nSPS) is 22.5. The van der Waals surface area contributed by atoms with Crippen LogP contribution in [0.5, 0.6) is 0 Å². The molecule has 0 aromatic carbocycles. The van der Waals surface area contributed by atoms with Crippen molar-refractivity contribution in [3.05, 3.63) is 12.7 Å². The second-order valence-electron chi connectivity index (χ2n) is 13.2. The van der Waals surface area contributed by atoms with Gasteiger partial charge in [0.05, 0.1) is 30.9 Å². The van der Waals surface area contributed by atoms with Crippen LogP contribution in [-0.2, 0) is 46.2 Å². The van der Waals surface area contributed by atoms with E-state index in [0.717, 1.165) is 12.7 Å². The van der Waals surface area contributed by atoms with E-state index in [1.165, 1.54) is 18.4 Å². The molecule has 2 aromatic heterocycles. The van der Waals surface area contributed by atoms with Gasteiger partial charge in [0.25, 0.3) is 0 Å². The number of phosphoric ester groups is 2. The van der Waals surface area contributed by atoms with Crippen molar-refractivity contribution in [2.24, 2.45) is 10.6 Å². The lowest BCUT2D eigenvalue weighted by Gasteiger charge is -2.30. The maximum absolute atomic E-state index is 12.9. The molecular formula is C27H47N8O16P3. The number of nitrogens with two attached hydrogens (primary N) is 1. The molecule has 0 bridgehead atoms. The molecule has 3 heterocycles. The molecule has 0 spiro atoms. The minimum atomic E-state index is -5.36. The average molecular weight is 833 g/mol. The second-order valence-corrected chi connectivity index (χ2v) is 17.9. The van der Waals surface area contributed by atoms with Crippen molar-refractivity contribution in [1.82, 2.24) is 30.2 Å². The Labute approximate surface area is 309 Å². The van der Waals surface area contributed by atoms with Crippen LogP contribution < -0.4 is 16.4 Å². The van der Waals surface area contributed by atoms with E-state index in [1.807, 2.05) is 13.8 Å². The molecule has 306 valence electrons. The number of rotatable bonds is 21. The number of hydrogen-bond donors (Lipinski definition) is 9. The monoisotopic (exact) mass is 832 g/mol. The standard InChI is InChI=1S/C27H47N8O16P3/c1-15(2)49-34-16(3)6-9-29-18(36)7-10-30-25(39)22(38)27(4,5)12-47-54(45,46)51-52(40,41)11-8-17-21(50-53(42,43)44)20(37)26(48-17)35-14-33-19-23(28)31-13-32-24(19)35/h13-15,17,20-22,26,37-38H,6-12H2,1-5H3,(H,29,36)(H,30,39)(H,40,41)(H,45,46)(H2,28,31,32)(H2,42,43,44)/b34-16+/t17?,20?,21?,22-,26?/m1/s1. The van der Waals surface area contributed by atoms with Crippen molar-refractivity contribution in [2.75, 3.05) is 31.6 Å². The highest BCUT2D eigenvalue weighted by Crippen LogP contribution is 2.61. The SMILES string of the molecule is C/C(CCNC(=O)CCNC(=O)[C@@H](O)C(C)(C)COP(=O)(O)OP(=O)(O)CCC1OC(n2cnc3c(N)ncnc32)C(O)C1OP(=O)(O)O)=N\OC(C)C. The number of nitrogens with zero attached hydrogens (tertiary/aromatic N) is 5. The number of carbonyl (C=O) groups excluding carboxylic acids is 2. The fourth-order valence-corrected chi connectivity index (χ4v) is 8.29. The van der Waals surface area contributed by atoms with E-state index in [4.69, 9.17) is 24.4 Å². The molecule has 24 nitrogen and oxygen atoms in total. The molecule has 10 N–H and O–H groups in total. The fraction of sp³-hybridized carbons (Fsp3) is 0.704. The van der Waals surface area contributed by atoms with Crippen LogP contribution in [0, 0.1) is 5.41 Å². The summed E-state index contributed by atoms with van der Waals surface area (Å²) in [6, 6.07) is 0. The second kappa shape index (κ2) is 18.8. The molecule has 1 saturated heterocycles. The summed E-state index contributed by atoms with van der Waals surface area (Å²) in [6.07, 6.45) is -7.44. The van der Waals surface area contributed by atoms with Crippen molar-refractivity contribution >= 4 is 57.7 Å². The molecule has 6 unspecified atom stereocenters. The van der Waals surface area contributed by atoms with E-state index in [0.29, 0.717) is 12.1 Å². The predicted molar refractivity (Wildman–Crippen MR) is 187 cm³/mol. The van der Waals surface area contributed by atoms with Gasteiger partial charge in [-0.3, -0.25) is 27.8 Å². The number of hydrogen-bond acceptors (Lipinski definition) is 17. The number of amides is 2. The smallest absolute Gasteiger partial charge is 0.393 e. The van der Waals surface area contributed by atoms with E-state index >= 15 is 0 Å². The minimum absolute atomic E-state index is 0.0144. The Morgan fingerprint density at radius 3 is 2.41 bits per heavy atom. The third-order valence-corrected chi connectivity index (χ3v) is 11.3. The zero-order valence-electron chi connectivity index (χ0n) is 30.0. The summed E-state index contributed by atoms with van der Waals surface area (Å²) in [6.45, 7) is 7.26. The van der Waals surface area contributed by atoms with E-state index in [-0.39, 0.29) is 48.5 Å². The van der Waals surface area contributed by atoms with Crippen LogP contribution in [0.25, 0.3) is 11.2 Å².